The third-order valence-electron chi connectivity index (χ3n) is 7.02. The molecule has 1 aliphatic heterocycles. The van der Waals surface area contributed by atoms with E-state index < -0.39 is 0 Å². The highest BCUT2D eigenvalue weighted by Crippen LogP contribution is 2.26. The molecule has 0 aromatic heterocycles. The van der Waals surface area contributed by atoms with Crippen LogP contribution in [0.5, 0.6) is 0 Å². The van der Waals surface area contributed by atoms with Gasteiger partial charge in [0, 0.05) is 6.54 Å². The number of nitrogens with zero attached hydrogens (tertiary/aromatic N) is 1. The molecule has 0 saturated carbocycles. The second-order valence-corrected chi connectivity index (χ2v) is 9.78. The maximum Gasteiger partial charge on any atom is 0.000966 e. The number of piperidine rings is 1. The van der Waals surface area contributed by atoms with Crippen molar-refractivity contribution in [3.63, 3.8) is 0 Å². The first kappa shape index (κ1) is 25.0. The van der Waals surface area contributed by atoms with Gasteiger partial charge in [0.25, 0.3) is 0 Å². The zero-order chi connectivity index (χ0) is 19.7. The molecular weight excluding hydrogens is 326 g/mol. The Labute approximate surface area is 173 Å². The van der Waals surface area contributed by atoms with Crippen LogP contribution < -0.4 is 0 Å². The molecular formula is C26H53N. The lowest BCUT2D eigenvalue weighted by molar-refractivity contribution is 0.147. The van der Waals surface area contributed by atoms with Crippen molar-refractivity contribution < 1.29 is 0 Å². The SMILES string of the molecule is CCCCCC(CCCC)CN1CCC(CCCCC(C)CCCC)CC1. The molecule has 0 aromatic carbocycles. The van der Waals surface area contributed by atoms with Crippen LogP contribution in [0.3, 0.4) is 0 Å². The Bertz CT molecular complexity index is 305. The molecule has 1 saturated heterocycles. The van der Waals surface area contributed by atoms with Crippen molar-refractivity contribution in [2.75, 3.05) is 19.6 Å². The van der Waals surface area contributed by atoms with Crippen LogP contribution in [0.4, 0.5) is 0 Å². The normalized spacial score (nSPS) is 18.7. The van der Waals surface area contributed by atoms with E-state index in [1.807, 2.05) is 0 Å². The van der Waals surface area contributed by atoms with Crippen LogP contribution in [-0.4, -0.2) is 24.5 Å². The molecule has 1 rings (SSSR count). The van der Waals surface area contributed by atoms with Crippen LogP contribution in [0.2, 0.25) is 0 Å². The van der Waals surface area contributed by atoms with Gasteiger partial charge < -0.3 is 4.90 Å². The summed E-state index contributed by atoms with van der Waals surface area (Å²) in [7, 11) is 0. The zero-order valence-corrected chi connectivity index (χ0v) is 19.6. The van der Waals surface area contributed by atoms with E-state index >= 15 is 0 Å². The minimum absolute atomic E-state index is 0.958. The first-order valence-corrected chi connectivity index (χ1v) is 12.9. The van der Waals surface area contributed by atoms with Gasteiger partial charge in [-0.15, -0.1) is 0 Å². The average molecular weight is 380 g/mol. The fourth-order valence-electron chi connectivity index (χ4n) is 4.95. The van der Waals surface area contributed by atoms with Crippen molar-refractivity contribution >= 4 is 0 Å². The summed E-state index contributed by atoms with van der Waals surface area (Å²) in [5, 5.41) is 0. The van der Waals surface area contributed by atoms with Gasteiger partial charge in [0.1, 0.15) is 0 Å². The third kappa shape index (κ3) is 12.9. The van der Waals surface area contributed by atoms with Crippen molar-refractivity contribution in [3.8, 4) is 0 Å². The standard InChI is InChI=1S/C26H53N/c1-5-8-11-18-26(16-10-7-3)23-27-21-19-25(20-22-27)17-13-12-15-24(4)14-9-6-2/h24-26H,5-23H2,1-4H3. The smallest absolute Gasteiger partial charge is 0.000966 e. The summed E-state index contributed by atoms with van der Waals surface area (Å²) in [5.74, 6) is 2.96. The molecule has 1 nitrogen and oxygen atoms in total. The molecule has 0 amide bonds. The minimum atomic E-state index is 0.958. The van der Waals surface area contributed by atoms with Gasteiger partial charge in [0.2, 0.25) is 0 Å². The molecule has 2 atom stereocenters. The Morgan fingerprint density at radius 3 is 1.93 bits per heavy atom. The Kier molecular flexibility index (Phi) is 15.6. The number of hydrogen-bond donors (Lipinski definition) is 0. The highest BCUT2D eigenvalue weighted by molar-refractivity contribution is 4.75. The lowest BCUT2D eigenvalue weighted by Crippen LogP contribution is -2.37. The van der Waals surface area contributed by atoms with Gasteiger partial charge in [-0.2, -0.15) is 0 Å². The fraction of sp³-hybridized carbons (Fsp3) is 1.00. The van der Waals surface area contributed by atoms with E-state index in [2.05, 4.69) is 32.6 Å². The van der Waals surface area contributed by atoms with Crippen LogP contribution in [0.1, 0.15) is 130 Å². The maximum absolute atomic E-state index is 2.82. The monoisotopic (exact) mass is 379 g/mol. The van der Waals surface area contributed by atoms with E-state index in [1.165, 1.54) is 122 Å². The van der Waals surface area contributed by atoms with E-state index in [1.54, 1.807) is 0 Å². The highest BCUT2D eigenvalue weighted by Gasteiger charge is 2.21. The first-order chi connectivity index (χ1) is 13.2. The van der Waals surface area contributed by atoms with Gasteiger partial charge in [-0.25, -0.2) is 0 Å². The molecule has 1 heterocycles. The molecule has 2 unspecified atom stereocenters. The van der Waals surface area contributed by atoms with Crippen LogP contribution in [0, 0.1) is 17.8 Å². The van der Waals surface area contributed by atoms with Crippen molar-refractivity contribution in [1.29, 1.82) is 0 Å². The molecule has 0 bridgehead atoms. The Balaban J connectivity index is 2.14. The largest absolute Gasteiger partial charge is 0.303 e. The van der Waals surface area contributed by atoms with E-state index in [-0.39, 0.29) is 0 Å². The Hall–Kier alpha value is -0.0400. The van der Waals surface area contributed by atoms with Crippen LogP contribution >= 0.6 is 0 Å². The van der Waals surface area contributed by atoms with Gasteiger partial charge in [-0.3, -0.25) is 0 Å². The summed E-state index contributed by atoms with van der Waals surface area (Å²) in [6, 6.07) is 0. The molecule has 0 spiro atoms. The van der Waals surface area contributed by atoms with Crippen LogP contribution in [0.15, 0.2) is 0 Å². The molecule has 1 aliphatic rings. The van der Waals surface area contributed by atoms with Gasteiger partial charge in [-0.1, -0.05) is 105 Å². The summed E-state index contributed by atoms with van der Waals surface area (Å²) in [6.07, 6.45) is 23.1. The van der Waals surface area contributed by atoms with Crippen molar-refractivity contribution in [2.24, 2.45) is 17.8 Å². The second kappa shape index (κ2) is 16.9. The fourth-order valence-corrected chi connectivity index (χ4v) is 4.95. The van der Waals surface area contributed by atoms with E-state index in [9.17, 15) is 0 Å². The summed E-state index contributed by atoms with van der Waals surface area (Å²) in [6.45, 7) is 13.6. The number of unbranched alkanes of at least 4 members (excludes halogenated alkanes) is 5. The third-order valence-corrected chi connectivity index (χ3v) is 7.02. The lowest BCUT2D eigenvalue weighted by atomic mass is 9.88. The summed E-state index contributed by atoms with van der Waals surface area (Å²) < 4.78 is 0. The maximum atomic E-state index is 2.82. The summed E-state index contributed by atoms with van der Waals surface area (Å²) >= 11 is 0. The van der Waals surface area contributed by atoms with Gasteiger partial charge >= 0.3 is 0 Å². The second-order valence-electron chi connectivity index (χ2n) is 9.78. The molecule has 1 fully saturated rings. The van der Waals surface area contributed by atoms with Crippen LogP contribution in [-0.2, 0) is 0 Å². The number of hydrogen-bond acceptors (Lipinski definition) is 1. The van der Waals surface area contributed by atoms with Crippen molar-refractivity contribution in [1.82, 2.24) is 4.90 Å². The van der Waals surface area contributed by atoms with Crippen molar-refractivity contribution in [3.05, 3.63) is 0 Å². The van der Waals surface area contributed by atoms with Gasteiger partial charge in [0.15, 0.2) is 0 Å². The zero-order valence-electron chi connectivity index (χ0n) is 19.6. The van der Waals surface area contributed by atoms with Crippen LogP contribution in [0.25, 0.3) is 0 Å². The molecule has 0 aromatic rings. The molecule has 1 heteroatoms. The Morgan fingerprint density at radius 2 is 1.26 bits per heavy atom. The minimum Gasteiger partial charge on any atom is -0.303 e. The molecule has 27 heavy (non-hydrogen) atoms. The first-order valence-electron chi connectivity index (χ1n) is 12.9. The topological polar surface area (TPSA) is 3.24 Å². The predicted octanol–water partition coefficient (Wildman–Crippen LogP) is 8.47. The van der Waals surface area contributed by atoms with Gasteiger partial charge in [0.05, 0.1) is 0 Å². The Morgan fingerprint density at radius 1 is 0.704 bits per heavy atom. The number of rotatable bonds is 17. The van der Waals surface area contributed by atoms with E-state index in [4.69, 9.17) is 0 Å². The molecule has 162 valence electrons. The summed E-state index contributed by atoms with van der Waals surface area (Å²) in [5.41, 5.74) is 0. The lowest BCUT2D eigenvalue weighted by Gasteiger charge is -2.34. The highest BCUT2D eigenvalue weighted by atomic mass is 15.1. The van der Waals surface area contributed by atoms with Gasteiger partial charge in [-0.05, 0) is 56.5 Å². The molecule has 0 N–H and O–H groups in total. The molecule has 0 radical (unpaired) electrons. The number of likely N-dealkylation sites (tertiary alicyclic amines) is 1. The quantitative estimate of drug-likeness (QED) is 0.229. The van der Waals surface area contributed by atoms with Crippen molar-refractivity contribution in [2.45, 2.75) is 130 Å². The summed E-state index contributed by atoms with van der Waals surface area (Å²) in [4.78, 5) is 2.82. The average Bonchev–Trinajstić information content (AvgIpc) is 2.69. The molecule has 0 aliphatic carbocycles. The van der Waals surface area contributed by atoms with E-state index in [0.717, 1.165) is 17.8 Å². The van der Waals surface area contributed by atoms with E-state index in [0.29, 0.717) is 0 Å². The predicted molar refractivity (Wildman–Crippen MR) is 123 cm³/mol.